The van der Waals surface area contributed by atoms with Crippen LogP contribution in [-0.2, 0) is 9.53 Å². The van der Waals surface area contributed by atoms with E-state index in [2.05, 4.69) is 39.8 Å². The first-order valence-electron chi connectivity index (χ1n) is 15.2. The van der Waals surface area contributed by atoms with E-state index in [1.165, 1.54) is 18.5 Å². The summed E-state index contributed by atoms with van der Waals surface area (Å²) in [6.07, 6.45) is 5.43. The maximum atomic E-state index is 12.9. The molecular formula is C33H45N3O5. The number of alkyl carbamates (subject to hydrolysis) is 1. The van der Waals surface area contributed by atoms with Gasteiger partial charge in [0.1, 0.15) is 23.2 Å². The van der Waals surface area contributed by atoms with Gasteiger partial charge in [0.05, 0.1) is 19.2 Å². The molecule has 5 rings (SSSR count). The summed E-state index contributed by atoms with van der Waals surface area (Å²) in [6, 6.07) is 16.3. The van der Waals surface area contributed by atoms with Crippen LogP contribution in [0.4, 0.5) is 10.5 Å². The molecule has 1 saturated heterocycles. The third-order valence-corrected chi connectivity index (χ3v) is 8.10. The normalized spacial score (nSPS) is 23.1. The molecule has 2 aromatic rings. The van der Waals surface area contributed by atoms with Gasteiger partial charge >= 0.3 is 6.09 Å². The average Bonchev–Trinajstić information content (AvgIpc) is 3.44. The fourth-order valence-electron chi connectivity index (χ4n) is 5.58. The lowest BCUT2D eigenvalue weighted by Gasteiger charge is -2.22. The Kier molecular flexibility index (Phi) is 8.95. The van der Waals surface area contributed by atoms with E-state index in [9.17, 15) is 9.59 Å². The summed E-state index contributed by atoms with van der Waals surface area (Å²) >= 11 is 0. The second-order valence-corrected chi connectivity index (χ2v) is 12.9. The van der Waals surface area contributed by atoms with Crippen LogP contribution in [0.3, 0.4) is 0 Å². The summed E-state index contributed by atoms with van der Waals surface area (Å²) < 4.78 is 17.5. The predicted octanol–water partition coefficient (Wildman–Crippen LogP) is 6.00. The number of benzene rings is 2. The van der Waals surface area contributed by atoms with Crippen LogP contribution in [0.5, 0.6) is 11.5 Å². The van der Waals surface area contributed by atoms with Gasteiger partial charge in [0.2, 0.25) is 5.91 Å². The first kappa shape index (κ1) is 29.1. The van der Waals surface area contributed by atoms with E-state index in [4.69, 9.17) is 14.2 Å². The predicted molar refractivity (Wildman–Crippen MR) is 159 cm³/mol. The second kappa shape index (κ2) is 12.6. The molecule has 2 N–H and O–H groups in total. The van der Waals surface area contributed by atoms with E-state index in [1.54, 1.807) is 0 Å². The average molecular weight is 564 g/mol. The number of amides is 2. The van der Waals surface area contributed by atoms with Crippen LogP contribution >= 0.6 is 0 Å². The Morgan fingerprint density at radius 1 is 0.951 bits per heavy atom. The highest BCUT2D eigenvalue weighted by molar-refractivity contribution is 5.79. The van der Waals surface area contributed by atoms with Crippen LogP contribution in [-0.4, -0.2) is 49.4 Å². The van der Waals surface area contributed by atoms with Gasteiger partial charge in [0.15, 0.2) is 0 Å². The van der Waals surface area contributed by atoms with Crippen molar-refractivity contribution in [3.63, 3.8) is 0 Å². The van der Waals surface area contributed by atoms with Crippen molar-refractivity contribution in [2.75, 3.05) is 24.6 Å². The topological polar surface area (TPSA) is 89.1 Å². The van der Waals surface area contributed by atoms with Crippen LogP contribution < -0.4 is 25.0 Å². The molecule has 3 fully saturated rings. The molecule has 0 spiro atoms. The summed E-state index contributed by atoms with van der Waals surface area (Å²) in [5.41, 5.74) is 1.69. The molecule has 2 saturated carbocycles. The first-order valence-corrected chi connectivity index (χ1v) is 15.2. The number of hydrogen-bond acceptors (Lipinski definition) is 6. The molecule has 2 amide bonds. The van der Waals surface area contributed by atoms with Crippen molar-refractivity contribution in [1.29, 1.82) is 0 Å². The third kappa shape index (κ3) is 8.54. The van der Waals surface area contributed by atoms with Crippen molar-refractivity contribution in [3.05, 3.63) is 54.1 Å². The molecule has 8 heteroatoms. The summed E-state index contributed by atoms with van der Waals surface area (Å²) in [5.74, 6) is 2.45. The third-order valence-electron chi connectivity index (χ3n) is 8.10. The fourth-order valence-corrected chi connectivity index (χ4v) is 5.58. The van der Waals surface area contributed by atoms with Crippen LogP contribution in [0.1, 0.15) is 77.8 Å². The van der Waals surface area contributed by atoms with Gasteiger partial charge in [-0.3, -0.25) is 4.79 Å². The highest BCUT2D eigenvalue weighted by Crippen LogP contribution is 2.31. The maximum absolute atomic E-state index is 12.9. The standard InChI is InChI=1S/C33H45N3O5/c1-22(34-31(37)25-7-10-26(19-25)35-32(38)41-33(2,3)4)24-8-13-29(14-9-24)40-30-17-18-36(20-30)27-11-15-28(16-12-27)39-21-23-5-6-23/h8-9,11-16,22-23,25-26,30H,5-7,10,17-21H2,1-4H3,(H,34,37)(H,35,38)/t22?,25-,26+,30?/m0/s1. The number of carbonyl (C=O) groups is 2. The highest BCUT2D eigenvalue weighted by atomic mass is 16.6. The van der Waals surface area contributed by atoms with Crippen molar-refractivity contribution in [3.8, 4) is 11.5 Å². The second-order valence-electron chi connectivity index (χ2n) is 12.9. The number of nitrogens with one attached hydrogen (secondary N) is 2. The van der Waals surface area contributed by atoms with Gasteiger partial charge in [-0.05, 0) is 108 Å². The Hall–Kier alpha value is -3.42. The molecule has 1 aliphatic heterocycles. The molecular weight excluding hydrogens is 518 g/mol. The largest absolute Gasteiger partial charge is 0.493 e. The smallest absolute Gasteiger partial charge is 0.407 e. The Labute approximate surface area is 244 Å². The van der Waals surface area contributed by atoms with E-state index >= 15 is 0 Å². The lowest BCUT2D eigenvalue weighted by molar-refractivity contribution is -0.125. The van der Waals surface area contributed by atoms with Crippen molar-refractivity contribution < 1.29 is 23.8 Å². The quantitative estimate of drug-likeness (QED) is 0.368. The van der Waals surface area contributed by atoms with Crippen molar-refractivity contribution in [2.45, 2.75) is 90.0 Å². The van der Waals surface area contributed by atoms with Gasteiger partial charge < -0.3 is 29.7 Å². The molecule has 41 heavy (non-hydrogen) atoms. The van der Waals surface area contributed by atoms with Gasteiger partial charge in [-0.2, -0.15) is 0 Å². The van der Waals surface area contributed by atoms with Crippen molar-refractivity contribution in [2.24, 2.45) is 11.8 Å². The van der Waals surface area contributed by atoms with Gasteiger partial charge in [-0.25, -0.2) is 4.79 Å². The zero-order valence-electron chi connectivity index (χ0n) is 24.9. The monoisotopic (exact) mass is 563 g/mol. The highest BCUT2D eigenvalue weighted by Gasteiger charge is 2.32. The maximum Gasteiger partial charge on any atom is 0.407 e. The number of ether oxygens (including phenoxy) is 3. The molecule has 0 aromatic heterocycles. The van der Waals surface area contributed by atoms with Crippen LogP contribution in [0.15, 0.2) is 48.5 Å². The van der Waals surface area contributed by atoms with Crippen LogP contribution in [0.25, 0.3) is 0 Å². The Morgan fingerprint density at radius 2 is 1.66 bits per heavy atom. The first-order chi connectivity index (χ1) is 19.6. The summed E-state index contributed by atoms with van der Waals surface area (Å²) in [7, 11) is 0. The zero-order chi connectivity index (χ0) is 29.0. The van der Waals surface area contributed by atoms with Gasteiger partial charge in [0, 0.05) is 30.6 Å². The minimum Gasteiger partial charge on any atom is -0.493 e. The van der Waals surface area contributed by atoms with E-state index in [0.29, 0.717) is 6.42 Å². The van der Waals surface area contributed by atoms with E-state index in [0.717, 1.165) is 61.9 Å². The fraction of sp³-hybridized carbons (Fsp3) is 0.576. The van der Waals surface area contributed by atoms with Crippen molar-refractivity contribution >= 4 is 17.7 Å². The number of anilines is 1. The van der Waals surface area contributed by atoms with Crippen LogP contribution in [0.2, 0.25) is 0 Å². The van der Waals surface area contributed by atoms with E-state index in [-0.39, 0.29) is 30.0 Å². The van der Waals surface area contributed by atoms with Gasteiger partial charge in [-0.1, -0.05) is 12.1 Å². The molecule has 2 aliphatic carbocycles. The van der Waals surface area contributed by atoms with Gasteiger partial charge in [-0.15, -0.1) is 0 Å². The summed E-state index contributed by atoms with van der Waals surface area (Å²) in [4.78, 5) is 27.4. The molecule has 3 aliphatic rings. The molecule has 1 heterocycles. The number of carbonyl (C=O) groups excluding carboxylic acids is 2. The van der Waals surface area contributed by atoms with E-state index < -0.39 is 11.7 Å². The minimum atomic E-state index is -0.538. The lowest BCUT2D eigenvalue weighted by Crippen LogP contribution is -2.38. The number of hydrogen-bond donors (Lipinski definition) is 2. The molecule has 0 radical (unpaired) electrons. The summed E-state index contributed by atoms with van der Waals surface area (Å²) in [5, 5.41) is 6.05. The zero-order valence-corrected chi connectivity index (χ0v) is 24.9. The Balaban J connectivity index is 1.04. The van der Waals surface area contributed by atoms with E-state index in [1.807, 2.05) is 52.0 Å². The SMILES string of the molecule is CC(NC(=O)[C@H]1CC[C@@H](NC(=O)OC(C)(C)C)C1)c1ccc(OC2CCN(c3ccc(OCC4CC4)cc3)C2)cc1. The molecule has 2 aromatic carbocycles. The van der Waals surface area contributed by atoms with Crippen LogP contribution in [0, 0.1) is 11.8 Å². The Morgan fingerprint density at radius 3 is 2.34 bits per heavy atom. The number of rotatable bonds is 10. The summed E-state index contributed by atoms with van der Waals surface area (Å²) in [6.45, 7) is 10.2. The van der Waals surface area contributed by atoms with Crippen molar-refractivity contribution in [1.82, 2.24) is 10.6 Å². The molecule has 8 nitrogen and oxygen atoms in total. The Bertz CT molecular complexity index is 1170. The lowest BCUT2D eigenvalue weighted by atomic mass is 10.0. The minimum absolute atomic E-state index is 0.0277. The number of nitrogens with zero attached hydrogens (tertiary/aromatic N) is 1. The molecule has 222 valence electrons. The van der Waals surface area contributed by atoms with Gasteiger partial charge in [0.25, 0.3) is 0 Å². The molecule has 2 unspecified atom stereocenters. The molecule has 4 atom stereocenters. The molecule has 0 bridgehead atoms.